The third-order valence-corrected chi connectivity index (χ3v) is 3.72. The smallest absolute Gasteiger partial charge is 0.245 e. The highest BCUT2D eigenvalue weighted by molar-refractivity contribution is 5.87. The number of amides is 2. The van der Waals surface area contributed by atoms with Crippen molar-refractivity contribution < 1.29 is 9.59 Å². The van der Waals surface area contributed by atoms with Gasteiger partial charge in [-0.05, 0) is 25.2 Å². The zero-order valence-electron chi connectivity index (χ0n) is 11.9. The number of rotatable bonds is 6. The SMILES string of the molecule is CCCCN(C)C(=O)C(NC(C)=O)C1CCCC1. The molecule has 104 valence electrons. The fraction of sp³-hybridized carbons (Fsp3) is 0.857. The first-order valence-corrected chi connectivity index (χ1v) is 7.08. The van der Waals surface area contributed by atoms with E-state index >= 15 is 0 Å². The molecule has 1 fully saturated rings. The first kappa shape index (κ1) is 15.0. The molecular formula is C14H26N2O2. The average molecular weight is 254 g/mol. The van der Waals surface area contributed by atoms with Gasteiger partial charge in [-0.25, -0.2) is 0 Å². The molecule has 4 nitrogen and oxygen atoms in total. The standard InChI is InChI=1S/C14H26N2O2/c1-4-5-10-16(3)14(18)13(15-11(2)17)12-8-6-7-9-12/h12-13H,4-10H2,1-3H3,(H,15,17). The highest BCUT2D eigenvalue weighted by atomic mass is 16.2. The number of hydrogen-bond donors (Lipinski definition) is 1. The second-order valence-electron chi connectivity index (χ2n) is 5.34. The maximum Gasteiger partial charge on any atom is 0.245 e. The lowest BCUT2D eigenvalue weighted by Gasteiger charge is -2.28. The Kier molecular flexibility index (Phi) is 6.16. The van der Waals surface area contributed by atoms with Gasteiger partial charge in [-0.1, -0.05) is 26.2 Å². The van der Waals surface area contributed by atoms with Gasteiger partial charge in [0.05, 0.1) is 0 Å². The van der Waals surface area contributed by atoms with Gasteiger partial charge in [0.25, 0.3) is 0 Å². The van der Waals surface area contributed by atoms with Crippen molar-refractivity contribution in [3.8, 4) is 0 Å². The lowest BCUT2D eigenvalue weighted by molar-refractivity contribution is -0.136. The number of hydrogen-bond acceptors (Lipinski definition) is 2. The molecule has 1 atom stereocenters. The van der Waals surface area contributed by atoms with Crippen molar-refractivity contribution in [1.29, 1.82) is 0 Å². The van der Waals surface area contributed by atoms with Crippen molar-refractivity contribution in [2.45, 2.75) is 58.4 Å². The Morgan fingerprint density at radius 2 is 1.94 bits per heavy atom. The zero-order chi connectivity index (χ0) is 13.5. The van der Waals surface area contributed by atoms with Crippen LogP contribution in [0.2, 0.25) is 0 Å². The summed E-state index contributed by atoms with van der Waals surface area (Å²) in [5, 5.41) is 2.85. The van der Waals surface area contributed by atoms with E-state index in [1.807, 2.05) is 7.05 Å². The van der Waals surface area contributed by atoms with E-state index in [9.17, 15) is 9.59 Å². The Labute approximate surface area is 110 Å². The fourth-order valence-electron chi connectivity index (χ4n) is 2.63. The highest BCUT2D eigenvalue weighted by Crippen LogP contribution is 2.28. The molecule has 0 aliphatic heterocycles. The third kappa shape index (κ3) is 4.31. The molecule has 1 aliphatic carbocycles. The van der Waals surface area contributed by atoms with Gasteiger partial charge in [-0.15, -0.1) is 0 Å². The predicted molar refractivity (Wildman–Crippen MR) is 72.1 cm³/mol. The van der Waals surface area contributed by atoms with Crippen LogP contribution in [0.5, 0.6) is 0 Å². The minimum Gasteiger partial charge on any atom is -0.344 e. The Hall–Kier alpha value is -1.06. The van der Waals surface area contributed by atoms with Crippen molar-refractivity contribution in [2.75, 3.05) is 13.6 Å². The minimum absolute atomic E-state index is 0.0746. The van der Waals surface area contributed by atoms with Crippen LogP contribution in [-0.2, 0) is 9.59 Å². The maximum absolute atomic E-state index is 12.4. The number of carbonyl (C=O) groups is 2. The summed E-state index contributed by atoms with van der Waals surface area (Å²) in [5.41, 5.74) is 0. The Morgan fingerprint density at radius 3 is 2.44 bits per heavy atom. The van der Waals surface area contributed by atoms with Crippen LogP contribution < -0.4 is 5.32 Å². The molecule has 0 bridgehead atoms. The van der Waals surface area contributed by atoms with E-state index in [4.69, 9.17) is 0 Å². The van der Waals surface area contributed by atoms with Crippen LogP contribution in [0, 0.1) is 5.92 Å². The molecule has 0 aromatic rings. The average Bonchev–Trinajstić information content (AvgIpc) is 2.85. The molecule has 0 heterocycles. The molecule has 0 spiro atoms. The van der Waals surface area contributed by atoms with E-state index in [2.05, 4.69) is 12.2 Å². The summed E-state index contributed by atoms with van der Waals surface area (Å²) in [5.74, 6) is 0.292. The molecule has 1 rings (SSSR count). The van der Waals surface area contributed by atoms with Crippen molar-refractivity contribution in [3.63, 3.8) is 0 Å². The van der Waals surface area contributed by atoms with Gasteiger partial charge in [0, 0.05) is 20.5 Å². The summed E-state index contributed by atoms with van der Waals surface area (Å²) < 4.78 is 0. The summed E-state index contributed by atoms with van der Waals surface area (Å²) in [6.45, 7) is 4.38. The van der Waals surface area contributed by atoms with Gasteiger partial charge in [0.2, 0.25) is 11.8 Å². The van der Waals surface area contributed by atoms with E-state index < -0.39 is 0 Å². The Balaban J connectivity index is 2.62. The Bertz CT molecular complexity index is 286. The normalized spacial score (nSPS) is 17.5. The quantitative estimate of drug-likeness (QED) is 0.787. The van der Waals surface area contributed by atoms with Crippen LogP contribution in [-0.4, -0.2) is 36.3 Å². The summed E-state index contributed by atoms with van der Waals surface area (Å²) in [6.07, 6.45) is 6.54. The second kappa shape index (κ2) is 7.39. The largest absolute Gasteiger partial charge is 0.344 e. The van der Waals surface area contributed by atoms with E-state index in [0.717, 1.165) is 32.2 Å². The third-order valence-electron chi connectivity index (χ3n) is 3.72. The molecule has 18 heavy (non-hydrogen) atoms. The van der Waals surface area contributed by atoms with Crippen molar-refractivity contribution in [2.24, 2.45) is 5.92 Å². The zero-order valence-corrected chi connectivity index (χ0v) is 11.9. The van der Waals surface area contributed by atoms with Crippen LogP contribution in [0.15, 0.2) is 0 Å². The lowest BCUT2D eigenvalue weighted by atomic mass is 9.96. The van der Waals surface area contributed by atoms with Gasteiger partial charge >= 0.3 is 0 Å². The molecule has 0 saturated heterocycles. The van der Waals surface area contributed by atoms with Gasteiger partial charge < -0.3 is 10.2 Å². The molecule has 0 aromatic carbocycles. The van der Waals surface area contributed by atoms with Crippen molar-refractivity contribution >= 4 is 11.8 Å². The van der Waals surface area contributed by atoms with E-state index in [-0.39, 0.29) is 17.9 Å². The predicted octanol–water partition coefficient (Wildman–Crippen LogP) is 1.94. The lowest BCUT2D eigenvalue weighted by Crippen LogP contribution is -2.50. The molecular weight excluding hydrogens is 228 g/mol. The molecule has 4 heteroatoms. The van der Waals surface area contributed by atoms with Gasteiger partial charge in [-0.3, -0.25) is 9.59 Å². The monoisotopic (exact) mass is 254 g/mol. The van der Waals surface area contributed by atoms with Crippen molar-refractivity contribution in [3.05, 3.63) is 0 Å². The number of likely N-dealkylation sites (N-methyl/N-ethyl adjacent to an activating group) is 1. The second-order valence-corrected chi connectivity index (χ2v) is 5.34. The molecule has 1 saturated carbocycles. The number of nitrogens with zero attached hydrogens (tertiary/aromatic N) is 1. The van der Waals surface area contributed by atoms with Crippen LogP contribution in [0.4, 0.5) is 0 Å². The van der Waals surface area contributed by atoms with E-state index in [0.29, 0.717) is 5.92 Å². The molecule has 1 N–H and O–H groups in total. The molecule has 1 aliphatic rings. The first-order valence-electron chi connectivity index (χ1n) is 7.08. The molecule has 1 unspecified atom stereocenters. The fourth-order valence-corrected chi connectivity index (χ4v) is 2.63. The van der Waals surface area contributed by atoms with Crippen LogP contribution >= 0.6 is 0 Å². The summed E-state index contributed by atoms with van der Waals surface area (Å²) in [7, 11) is 1.84. The summed E-state index contributed by atoms with van der Waals surface area (Å²) in [6, 6.07) is -0.313. The number of nitrogens with one attached hydrogen (secondary N) is 1. The summed E-state index contributed by atoms with van der Waals surface area (Å²) in [4.78, 5) is 25.4. The topological polar surface area (TPSA) is 49.4 Å². The number of carbonyl (C=O) groups excluding carboxylic acids is 2. The van der Waals surface area contributed by atoms with E-state index in [1.165, 1.54) is 19.8 Å². The van der Waals surface area contributed by atoms with Gasteiger partial charge in [0.15, 0.2) is 0 Å². The van der Waals surface area contributed by atoms with Crippen LogP contribution in [0.1, 0.15) is 52.4 Å². The molecule has 0 radical (unpaired) electrons. The van der Waals surface area contributed by atoms with Crippen LogP contribution in [0.25, 0.3) is 0 Å². The highest BCUT2D eigenvalue weighted by Gasteiger charge is 2.32. The van der Waals surface area contributed by atoms with Crippen molar-refractivity contribution in [1.82, 2.24) is 10.2 Å². The number of unbranched alkanes of at least 4 members (excludes halogenated alkanes) is 1. The van der Waals surface area contributed by atoms with Crippen LogP contribution in [0.3, 0.4) is 0 Å². The summed E-state index contributed by atoms with van der Waals surface area (Å²) >= 11 is 0. The van der Waals surface area contributed by atoms with Gasteiger partial charge in [0.1, 0.15) is 6.04 Å². The molecule has 2 amide bonds. The van der Waals surface area contributed by atoms with E-state index in [1.54, 1.807) is 4.90 Å². The Morgan fingerprint density at radius 1 is 1.33 bits per heavy atom. The van der Waals surface area contributed by atoms with Gasteiger partial charge in [-0.2, -0.15) is 0 Å². The maximum atomic E-state index is 12.4. The molecule has 0 aromatic heterocycles. The first-order chi connectivity index (χ1) is 8.56. The minimum atomic E-state index is -0.313.